The third-order valence-corrected chi connectivity index (χ3v) is 3.43. The lowest BCUT2D eigenvalue weighted by atomic mass is 10.1. The maximum Gasteiger partial charge on any atom is 0.133 e. The molecule has 0 aliphatic heterocycles. The number of rotatable bonds is 6. The molecule has 0 amide bonds. The molecule has 0 atom stereocenters. The largest absolute Gasteiger partial charge is 0.300 e. The van der Waals surface area contributed by atoms with Gasteiger partial charge in [0, 0.05) is 28.2 Å². The molecule has 0 radical (unpaired) electrons. The van der Waals surface area contributed by atoms with Crippen LogP contribution in [0.3, 0.4) is 0 Å². The summed E-state index contributed by atoms with van der Waals surface area (Å²) in [4.78, 5) is 11.5. The van der Waals surface area contributed by atoms with Crippen molar-refractivity contribution in [3.8, 4) is 0 Å². The van der Waals surface area contributed by atoms with E-state index in [0.717, 1.165) is 17.3 Å². The molecule has 16 heavy (non-hydrogen) atoms. The molecule has 0 heterocycles. The van der Waals surface area contributed by atoms with Gasteiger partial charge in [-0.25, -0.2) is 0 Å². The highest BCUT2D eigenvalue weighted by Gasteiger charge is 2.05. The van der Waals surface area contributed by atoms with Gasteiger partial charge in [-0.3, -0.25) is 4.79 Å². The molecule has 88 valence electrons. The van der Waals surface area contributed by atoms with Crippen LogP contribution in [0.25, 0.3) is 0 Å². The molecule has 0 saturated heterocycles. The molecular weight excluding hydrogens is 311 g/mol. The first-order valence-electron chi connectivity index (χ1n) is 5.15. The van der Waals surface area contributed by atoms with Gasteiger partial charge >= 0.3 is 0 Å². The minimum absolute atomic E-state index is 0.283. The number of benzene rings is 1. The van der Waals surface area contributed by atoms with Crippen molar-refractivity contribution >= 4 is 44.9 Å². The van der Waals surface area contributed by atoms with Gasteiger partial charge in [0.2, 0.25) is 0 Å². The fraction of sp³-hybridized carbons (Fsp3) is 0.417. The lowest BCUT2D eigenvalue weighted by Crippen LogP contribution is -2.00. The van der Waals surface area contributed by atoms with Crippen LogP contribution in [0.1, 0.15) is 24.8 Å². The molecule has 0 aliphatic carbocycles. The number of halogens is 3. The van der Waals surface area contributed by atoms with Crippen molar-refractivity contribution in [2.45, 2.75) is 25.7 Å². The first-order chi connectivity index (χ1) is 7.63. The summed E-state index contributed by atoms with van der Waals surface area (Å²) in [7, 11) is 0. The summed E-state index contributed by atoms with van der Waals surface area (Å²) < 4.78 is 0. The predicted octanol–water partition coefficient (Wildman–Crippen LogP) is 4.67. The number of Topliss-reactive ketones (excluding diaryl/α,β-unsaturated/α-hetero) is 1. The Kier molecular flexibility index (Phi) is 6.40. The van der Waals surface area contributed by atoms with Crippen molar-refractivity contribution in [3.05, 3.63) is 33.8 Å². The van der Waals surface area contributed by atoms with Gasteiger partial charge in [0.15, 0.2) is 0 Å². The molecule has 4 heteroatoms. The minimum atomic E-state index is 0.283. The summed E-state index contributed by atoms with van der Waals surface area (Å²) in [6.07, 6.45) is 2.77. The third-order valence-electron chi connectivity index (χ3n) is 2.28. The average molecular weight is 324 g/mol. The molecule has 1 rings (SSSR count). The number of aryl methyl sites for hydroxylation is 1. The number of ketones is 1. The van der Waals surface area contributed by atoms with Crippen molar-refractivity contribution in [2.75, 3.05) is 5.33 Å². The van der Waals surface area contributed by atoms with Crippen molar-refractivity contribution in [1.29, 1.82) is 0 Å². The summed E-state index contributed by atoms with van der Waals surface area (Å²) in [5.74, 6) is 0.283. The predicted molar refractivity (Wildman–Crippen MR) is 72.8 cm³/mol. The van der Waals surface area contributed by atoms with Crippen molar-refractivity contribution < 1.29 is 4.79 Å². The van der Waals surface area contributed by atoms with Crippen LogP contribution in [0.15, 0.2) is 18.2 Å². The minimum Gasteiger partial charge on any atom is -0.300 e. The molecule has 0 bridgehead atoms. The Morgan fingerprint density at radius 3 is 2.62 bits per heavy atom. The van der Waals surface area contributed by atoms with Crippen LogP contribution in [0.4, 0.5) is 0 Å². The average Bonchev–Trinajstić information content (AvgIpc) is 2.25. The second-order valence-electron chi connectivity index (χ2n) is 3.57. The van der Waals surface area contributed by atoms with E-state index >= 15 is 0 Å². The molecule has 1 aromatic carbocycles. The molecule has 1 nitrogen and oxygen atoms in total. The highest BCUT2D eigenvalue weighted by atomic mass is 79.9. The monoisotopic (exact) mass is 322 g/mol. The fourth-order valence-corrected chi connectivity index (χ4v) is 2.17. The third kappa shape index (κ3) is 4.86. The van der Waals surface area contributed by atoms with Crippen LogP contribution in [0.2, 0.25) is 10.0 Å². The molecule has 0 saturated carbocycles. The summed E-state index contributed by atoms with van der Waals surface area (Å²) in [6.45, 7) is 0. The zero-order chi connectivity index (χ0) is 12.0. The molecule has 0 fully saturated rings. The maximum atomic E-state index is 11.5. The van der Waals surface area contributed by atoms with E-state index in [2.05, 4.69) is 15.9 Å². The summed E-state index contributed by atoms with van der Waals surface area (Å²) in [5.41, 5.74) is 0.984. The number of carbonyl (C=O) groups is 1. The van der Waals surface area contributed by atoms with Crippen LogP contribution in [0, 0.1) is 0 Å². The smallest absolute Gasteiger partial charge is 0.133 e. The topological polar surface area (TPSA) is 17.1 Å². The van der Waals surface area contributed by atoms with Gasteiger partial charge in [0.05, 0.1) is 0 Å². The first-order valence-corrected chi connectivity index (χ1v) is 7.03. The highest BCUT2D eigenvalue weighted by molar-refractivity contribution is 9.09. The molecule has 0 N–H and O–H groups in total. The van der Waals surface area contributed by atoms with Crippen molar-refractivity contribution in [2.24, 2.45) is 0 Å². The Hall–Kier alpha value is -0.0500. The SMILES string of the molecule is O=C(CCCBr)CCc1ccc(Cl)cc1Cl. The Morgan fingerprint density at radius 1 is 1.25 bits per heavy atom. The first kappa shape index (κ1) is 14.0. The molecule has 0 aliphatic rings. The summed E-state index contributed by atoms with van der Waals surface area (Å²) in [6, 6.07) is 5.38. The van der Waals surface area contributed by atoms with Crippen LogP contribution in [-0.2, 0) is 11.2 Å². The maximum absolute atomic E-state index is 11.5. The Labute approximate surface area is 114 Å². The van der Waals surface area contributed by atoms with Crippen LogP contribution >= 0.6 is 39.1 Å². The van der Waals surface area contributed by atoms with E-state index in [1.165, 1.54) is 0 Å². The van der Waals surface area contributed by atoms with Gasteiger partial charge in [-0.2, -0.15) is 0 Å². The van der Waals surface area contributed by atoms with E-state index in [1.54, 1.807) is 12.1 Å². The normalized spacial score (nSPS) is 10.4. The van der Waals surface area contributed by atoms with Gasteiger partial charge < -0.3 is 0 Å². The zero-order valence-electron chi connectivity index (χ0n) is 8.81. The van der Waals surface area contributed by atoms with E-state index in [-0.39, 0.29) is 5.78 Å². The van der Waals surface area contributed by atoms with Crippen molar-refractivity contribution in [3.63, 3.8) is 0 Å². The number of carbonyl (C=O) groups excluding carboxylic acids is 1. The quantitative estimate of drug-likeness (QED) is 0.695. The Bertz CT molecular complexity index is 366. The summed E-state index contributed by atoms with van der Waals surface area (Å²) in [5, 5.41) is 2.14. The second-order valence-corrected chi connectivity index (χ2v) is 5.20. The number of hydrogen-bond acceptors (Lipinski definition) is 1. The van der Waals surface area contributed by atoms with Gasteiger partial charge in [-0.15, -0.1) is 0 Å². The molecule has 0 spiro atoms. The van der Waals surface area contributed by atoms with Gasteiger partial charge in [-0.1, -0.05) is 45.2 Å². The second kappa shape index (κ2) is 7.31. The lowest BCUT2D eigenvalue weighted by Gasteiger charge is -2.04. The van der Waals surface area contributed by atoms with Gasteiger partial charge in [0.25, 0.3) is 0 Å². The van der Waals surface area contributed by atoms with Gasteiger partial charge in [-0.05, 0) is 30.5 Å². The molecule has 1 aromatic rings. The number of alkyl halides is 1. The van der Waals surface area contributed by atoms with Crippen LogP contribution < -0.4 is 0 Å². The van der Waals surface area contributed by atoms with Crippen LogP contribution in [-0.4, -0.2) is 11.1 Å². The Balaban J connectivity index is 2.45. The fourth-order valence-electron chi connectivity index (χ4n) is 1.39. The van der Waals surface area contributed by atoms with E-state index in [1.807, 2.05) is 6.07 Å². The lowest BCUT2D eigenvalue weighted by molar-refractivity contribution is -0.119. The standard InChI is InChI=1S/C12H13BrCl2O/c13-7-1-2-11(16)6-4-9-3-5-10(14)8-12(9)15/h3,5,8H,1-2,4,6-7H2. The highest BCUT2D eigenvalue weighted by Crippen LogP contribution is 2.22. The van der Waals surface area contributed by atoms with E-state index in [4.69, 9.17) is 23.2 Å². The summed E-state index contributed by atoms with van der Waals surface area (Å²) >= 11 is 15.1. The van der Waals surface area contributed by atoms with E-state index in [9.17, 15) is 4.79 Å². The number of hydrogen-bond donors (Lipinski definition) is 0. The van der Waals surface area contributed by atoms with E-state index < -0.39 is 0 Å². The van der Waals surface area contributed by atoms with E-state index in [0.29, 0.717) is 29.3 Å². The Morgan fingerprint density at radius 2 is 2.00 bits per heavy atom. The zero-order valence-corrected chi connectivity index (χ0v) is 11.9. The van der Waals surface area contributed by atoms with Gasteiger partial charge in [0.1, 0.15) is 5.78 Å². The van der Waals surface area contributed by atoms with Crippen molar-refractivity contribution in [1.82, 2.24) is 0 Å². The van der Waals surface area contributed by atoms with Crippen LogP contribution in [0.5, 0.6) is 0 Å². The molecule has 0 aromatic heterocycles. The molecular formula is C12H13BrCl2O. The molecule has 0 unspecified atom stereocenters.